The Hall–Kier alpha value is -3.38. The fourth-order valence-corrected chi connectivity index (χ4v) is 4.12. The van der Waals surface area contributed by atoms with Crippen molar-refractivity contribution in [3.63, 3.8) is 0 Å². The lowest BCUT2D eigenvalue weighted by molar-refractivity contribution is 0.0863. The normalized spacial score (nSPS) is 21.5. The van der Waals surface area contributed by atoms with Gasteiger partial charge in [-0.25, -0.2) is 0 Å². The highest BCUT2D eigenvalue weighted by Gasteiger charge is 2.38. The smallest absolute Gasteiger partial charge is 0.231 e. The largest absolute Gasteiger partial charge is 0.497 e. The van der Waals surface area contributed by atoms with Gasteiger partial charge in [0, 0.05) is 29.2 Å². The summed E-state index contributed by atoms with van der Waals surface area (Å²) < 4.78 is 22.9. The first kappa shape index (κ1) is 18.6. The maximum Gasteiger partial charge on any atom is 0.231 e. The Morgan fingerprint density at radius 2 is 1.63 bits per heavy atom. The monoisotopic (exact) mass is 404 g/mol. The number of rotatable bonds is 5. The fourth-order valence-electron chi connectivity index (χ4n) is 4.12. The van der Waals surface area contributed by atoms with Crippen LogP contribution in [0.1, 0.15) is 24.0 Å². The second-order valence-electron chi connectivity index (χ2n) is 7.53. The molecule has 5 rings (SSSR count). The highest BCUT2D eigenvalue weighted by atomic mass is 16.7. The van der Waals surface area contributed by atoms with Gasteiger partial charge in [0.1, 0.15) is 11.5 Å². The molecule has 2 N–H and O–H groups in total. The number of hydrogen-bond donors (Lipinski definition) is 2. The van der Waals surface area contributed by atoms with Gasteiger partial charge >= 0.3 is 0 Å². The Morgan fingerprint density at radius 3 is 2.37 bits per heavy atom. The predicted octanol–water partition coefficient (Wildman–Crippen LogP) is 4.53. The van der Waals surface area contributed by atoms with Gasteiger partial charge in [-0.3, -0.25) is 0 Å². The zero-order valence-corrected chi connectivity index (χ0v) is 16.9. The molecule has 6 heteroatoms. The van der Waals surface area contributed by atoms with Crippen LogP contribution in [0, 0.1) is 5.92 Å². The molecule has 0 bridgehead atoms. The molecule has 2 heterocycles. The van der Waals surface area contributed by atoms with Crippen LogP contribution < -0.4 is 29.8 Å². The third-order valence-corrected chi connectivity index (χ3v) is 5.70. The summed E-state index contributed by atoms with van der Waals surface area (Å²) in [5, 5.41) is 0. The van der Waals surface area contributed by atoms with E-state index in [-0.39, 0.29) is 24.9 Å². The van der Waals surface area contributed by atoms with E-state index >= 15 is 0 Å². The molecule has 2 aliphatic rings. The average Bonchev–Trinajstić information content (AvgIpc) is 3.25. The number of para-hydroxylation sites is 1. The molecular weight excluding hydrogens is 380 g/mol. The molecule has 2 aliphatic heterocycles. The third-order valence-electron chi connectivity index (χ3n) is 5.70. The number of ether oxygens (including phenoxy) is 4. The minimum Gasteiger partial charge on any atom is -0.497 e. The summed E-state index contributed by atoms with van der Waals surface area (Å²) in [6.07, 6.45) is -0.245. The summed E-state index contributed by atoms with van der Waals surface area (Å²) in [4.78, 5) is 0. The van der Waals surface area contributed by atoms with Crippen LogP contribution in [0.15, 0.2) is 66.7 Å². The van der Waals surface area contributed by atoms with Crippen molar-refractivity contribution in [3.05, 3.63) is 77.9 Å². The molecular formula is C24H24N2O4. The molecule has 0 aromatic heterocycles. The summed E-state index contributed by atoms with van der Waals surface area (Å²) >= 11 is 0. The Morgan fingerprint density at radius 1 is 0.900 bits per heavy atom. The topological polar surface area (TPSA) is 61.0 Å². The Labute approximate surface area is 175 Å². The summed E-state index contributed by atoms with van der Waals surface area (Å²) in [6, 6.07) is 22.2. The zero-order chi connectivity index (χ0) is 20.5. The van der Waals surface area contributed by atoms with Crippen molar-refractivity contribution < 1.29 is 18.9 Å². The van der Waals surface area contributed by atoms with Crippen molar-refractivity contribution >= 4 is 5.69 Å². The number of anilines is 1. The van der Waals surface area contributed by atoms with E-state index in [1.807, 2.05) is 54.6 Å². The highest BCUT2D eigenvalue weighted by Crippen LogP contribution is 2.48. The minimum atomic E-state index is -0.245. The van der Waals surface area contributed by atoms with Crippen molar-refractivity contribution in [1.82, 2.24) is 5.43 Å². The van der Waals surface area contributed by atoms with Crippen LogP contribution in [0.4, 0.5) is 5.69 Å². The number of benzene rings is 3. The molecule has 0 saturated heterocycles. The van der Waals surface area contributed by atoms with Crippen LogP contribution >= 0.6 is 0 Å². The number of fused-ring (bicyclic) bond motifs is 2. The second kappa shape index (κ2) is 7.80. The maximum atomic E-state index is 6.35. The Bertz CT molecular complexity index is 1020. The molecule has 30 heavy (non-hydrogen) atoms. The Kier molecular flexibility index (Phi) is 4.85. The first-order valence-corrected chi connectivity index (χ1v) is 10.0. The van der Waals surface area contributed by atoms with Crippen LogP contribution in [0.25, 0.3) is 0 Å². The highest BCUT2D eigenvalue weighted by molar-refractivity contribution is 5.56. The SMILES string of the molecule is COc1ccc([C@H]2c3cc4c(cc3O[C@@H](NNc3ccccc3)[C@@H]2C)OCO4)cc1. The molecule has 0 fully saturated rings. The van der Waals surface area contributed by atoms with E-state index in [1.54, 1.807) is 7.11 Å². The van der Waals surface area contributed by atoms with Crippen LogP contribution in [0.5, 0.6) is 23.0 Å². The standard InChI is InChI=1S/C24H24N2O4/c1-15-23(16-8-10-18(27-2)11-9-16)19-12-21-22(29-14-28-21)13-20(19)30-24(15)26-25-17-6-4-3-5-7-17/h3-13,15,23-26H,14H2,1-2H3/t15-,23+,24-/m1/s1. The van der Waals surface area contributed by atoms with Crippen molar-refractivity contribution in [3.8, 4) is 23.0 Å². The number of methoxy groups -OCH3 is 1. The van der Waals surface area contributed by atoms with Crippen LogP contribution in [0.2, 0.25) is 0 Å². The van der Waals surface area contributed by atoms with Crippen molar-refractivity contribution in [2.24, 2.45) is 5.92 Å². The summed E-state index contributed by atoms with van der Waals surface area (Å²) in [6.45, 7) is 2.42. The fraction of sp³-hybridized carbons (Fsp3) is 0.250. The molecule has 3 aromatic rings. The summed E-state index contributed by atoms with van der Waals surface area (Å²) in [5.41, 5.74) is 9.88. The van der Waals surface area contributed by atoms with Crippen LogP contribution in [0.3, 0.4) is 0 Å². The van der Waals surface area contributed by atoms with E-state index < -0.39 is 0 Å². The lowest BCUT2D eigenvalue weighted by Gasteiger charge is -2.38. The van der Waals surface area contributed by atoms with Gasteiger partial charge in [0.05, 0.1) is 7.11 Å². The number of hydrogen-bond acceptors (Lipinski definition) is 6. The summed E-state index contributed by atoms with van der Waals surface area (Å²) in [5.74, 6) is 3.37. The van der Waals surface area contributed by atoms with Gasteiger partial charge in [0.2, 0.25) is 6.79 Å². The van der Waals surface area contributed by atoms with Gasteiger partial charge in [-0.1, -0.05) is 37.3 Å². The molecule has 0 spiro atoms. The molecule has 0 radical (unpaired) electrons. The molecule has 0 amide bonds. The molecule has 3 aromatic carbocycles. The minimum absolute atomic E-state index is 0.115. The predicted molar refractivity (Wildman–Crippen MR) is 114 cm³/mol. The van der Waals surface area contributed by atoms with Gasteiger partial charge < -0.3 is 24.4 Å². The van der Waals surface area contributed by atoms with Gasteiger partial charge in [-0.05, 0) is 35.9 Å². The van der Waals surface area contributed by atoms with Gasteiger partial charge in [-0.2, -0.15) is 5.43 Å². The second-order valence-corrected chi connectivity index (χ2v) is 7.53. The third kappa shape index (κ3) is 3.39. The van der Waals surface area contributed by atoms with Crippen molar-refractivity contribution in [2.45, 2.75) is 19.1 Å². The van der Waals surface area contributed by atoms with Gasteiger partial charge in [0.25, 0.3) is 0 Å². The molecule has 154 valence electrons. The lowest BCUT2D eigenvalue weighted by Crippen LogP contribution is -2.47. The van der Waals surface area contributed by atoms with E-state index in [4.69, 9.17) is 18.9 Å². The van der Waals surface area contributed by atoms with E-state index in [9.17, 15) is 0 Å². The molecule has 0 unspecified atom stereocenters. The van der Waals surface area contributed by atoms with E-state index in [0.717, 1.165) is 28.5 Å². The van der Waals surface area contributed by atoms with E-state index in [0.29, 0.717) is 5.75 Å². The molecule has 3 atom stereocenters. The van der Waals surface area contributed by atoms with E-state index in [1.165, 1.54) is 5.56 Å². The van der Waals surface area contributed by atoms with E-state index in [2.05, 4.69) is 29.9 Å². The lowest BCUT2D eigenvalue weighted by atomic mass is 9.78. The van der Waals surface area contributed by atoms with Crippen molar-refractivity contribution in [2.75, 3.05) is 19.3 Å². The van der Waals surface area contributed by atoms with Gasteiger partial charge in [-0.15, -0.1) is 0 Å². The molecule has 6 nitrogen and oxygen atoms in total. The van der Waals surface area contributed by atoms with Crippen molar-refractivity contribution in [1.29, 1.82) is 0 Å². The van der Waals surface area contributed by atoms with Crippen LogP contribution in [-0.2, 0) is 0 Å². The average molecular weight is 404 g/mol. The molecule has 0 saturated carbocycles. The first-order valence-electron chi connectivity index (χ1n) is 10.0. The molecule has 0 aliphatic carbocycles. The van der Waals surface area contributed by atoms with Gasteiger partial charge in [0.15, 0.2) is 17.7 Å². The first-order chi connectivity index (χ1) is 14.7. The zero-order valence-electron chi connectivity index (χ0n) is 16.9. The number of hydrazine groups is 1. The number of nitrogens with one attached hydrogen (secondary N) is 2. The maximum absolute atomic E-state index is 6.35. The summed E-state index contributed by atoms with van der Waals surface area (Å²) in [7, 11) is 1.68. The van der Waals surface area contributed by atoms with Crippen LogP contribution in [-0.4, -0.2) is 20.1 Å². The Balaban J connectivity index is 1.50. The quantitative estimate of drug-likeness (QED) is 0.610.